The highest BCUT2D eigenvalue weighted by Gasteiger charge is 2.24. The van der Waals surface area contributed by atoms with E-state index in [0.29, 0.717) is 6.42 Å². The van der Waals surface area contributed by atoms with Crippen LogP contribution in [0.3, 0.4) is 0 Å². The van der Waals surface area contributed by atoms with E-state index in [9.17, 15) is 22.9 Å². The smallest absolute Gasteiger partial charge is 0.267 e. The Labute approximate surface area is 246 Å². The Hall–Kier alpha value is -1.44. The van der Waals surface area contributed by atoms with Gasteiger partial charge in [0.05, 0.1) is 17.9 Å². The standard InChI is InChI=1S/C33H61NO5S/c1-3-5-7-9-11-13-15-16-17-18-19-21-23-25-27-29-33(36)34-31(30-40(37,38)39)32(35)28-26-24-22-20-14-12-10-8-6-4-2/h11,13,16-17,26,28,31-32,35H,3-10,12,14-15,18-25,27,29-30H2,1-2H3,(H,34,36)(H,37,38,39)/b13-11-,17-16-,28-26+. The van der Waals surface area contributed by atoms with Gasteiger partial charge in [0, 0.05) is 6.42 Å². The molecule has 0 saturated heterocycles. The van der Waals surface area contributed by atoms with Crippen LogP contribution in [0.15, 0.2) is 36.5 Å². The van der Waals surface area contributed by atoms with Crippen LogP contribution in [0.4, 0.5) is 0 Å². The summed E-state index contributed by atoms with van der Waals surface area (Å²) in [4.78, 5) is 12.4. The third-order valence-corrected chi connectivity index (χ3v) is 7.84. The van der Waals surface area contributed by atoms with E-state index in [1.165, 1.54) is 70.3 Å². The van der Waals surface area contributed by atoms with Gasteiger partial charge >= 0.3 is 0 Å². The zero-order chi connectivity index (χ0) is 29.7. The van der Waals surface area contributed by atoms with E-state index in [1.54, 1.807) is 0 Å². The van der Waals surface area contributed by atoms with E-state index < -0.39 is 28.0 Å². The molecule has 0 aromatic heterocycles. The number of carbonyl (C=O) groups is 1. The fourth-order valence-corrected chi connectivity index (χ4v) is 5.33. The minimum Gasteiger partial charge on any atom is -0.387 e. The predicted octanol–water partition coefficient (Wildman–Crippen LogP) is 8.62. The van der Waals surface area contributed by atoms with Gasteiger partial charge in [0.2, 0.25) is 5.91 Å². The molecule has 0 fully saturated rings. The highest BCUT2D eigenvalue weighted by atomic mass is 32.2. The molecule has 0 aliphatic carbocycles. The molecule has 234 valence electrons. The summed E-state index contributed by atoms with van der Waals surface area (Å²) in [5, 5.41) is 13.1. The number of amides is 1. The molecule has 0 rings (SSSR count). The van der Waals surface area contributed by atoms with Crippen molar-refractivity contribution < 1.29 is 22.9 Å². The molecule has 0 aromatic carbocycles. The van der Waals surface area contributed by atoms with Crippen molar-refractivity contribution in [2.45, 2.75) is 161 Å². The Kier molecular flexibility index (Phi) is 26.7. The van der Waals surface area contributed by atoms with Crippen molar-refractivity contribution >= 4 is 16.0 Å². The number of allylic oxidation sites excluding steroid dienone is 5. The fourth-order valence-electron chi connectivity index (χ4n) is 4.59. The zero-order valence-electron chi connectivity index (χ0n) is 25.7. The third kappa shape index (κ3) is 28.1. The molecule has 0 bridgehead atoms. The maximum absolute atomic E-state index is 12.4. The second kappa shape index (κ2) is 27.7. The Morgan fingerprint density at radius 3 is 1.68 bits per heavy atom. The quantitative estimate of drug-likeness (QED) is 0.0486. The van der Waals surface area contributed by atoms with Crippen molar-refractivity contribution in [2.24, 2.45) is 0 Å². The van der Waals surface area contributed by atoms with Gasteiger partial charge in [-0.05, 0) is 51.4 Å². The highest BCUT2D eigenvalue weighted by molar-refractivity contribution is 7.85. The van der Waals surface area contributed by atoms with E-state index in [-0.39, 0.29) is 12.3 Å². The van der Waals surface area contributed by atoms with E-state index in [0.717, 1.165) is 57.8 Å². The van der Waals surface area contributed by atoms with E-state index in [1.807, 2.05) is 6.08 Å². The number of rotatable bonds is 28. The lowest BCUT2D eigenvalue weighted by molar-refractivity contribution is -0.122. The Balaban J connectivity index is 4.08. The molecule has 1 amide bonds. The summed E-state index contributed by atoms with van der Waals surface area (Å²) in [6.07, 6.45) is 34.1. The maximum Gasteiger partial charge on any atom is 0.267 e. The number of aliphatic hydroxyl groups is 1. The molecule has 2 unspecified atom stereocenters. The van der Waals surface area contributed by atoms with Crippen molar-refractivity contribution in [3.63, 3.8) is 0 Å². The first kappa shape index (κ1) is 38.6. The molecule has 7 heteroatoms. The molecule has 3 N–H and O–H groups in total. The van der Waals surface area contributed by atoms with Crippen LogP contribution in [0.25, 0.3) is 0 Å². The minimum atomic E-state index is -4.33. The van der Waals surface area contributed by atoms with Crippen LogP contribution >= 0.6 is 0 Å². The van der Waals surface area contributed by atoms with Crippen LogP contribution in [0.2, 0.25) is 0 Å². The lowest BCUT2D eigenvalue weighted by Gasteiger charge is -2.21. The summed E-state index contributed by atoms with van der Waals surface area (Å²) in [7, 11) is -4.33. The Bertz CT molecular complexity index is 776. The van der Waals surface area contributed by atoms with Gasteiger partial charge in [-0.1, -0.05) is 127 Å². The number of hydrogen-bond acceptors (Lipinski definition) is 4. The lowest BCUT2D eigenvalue weighted by atomic mass is 10.1. The molecular weight excluding hydrogens is 522 g/mol. The predicted molar refractivity (Wildman–Crippen MR) is 170 cm³/mol. The molecule has 0 aliphatic heterocycles. The van der Waals surface area contributed by atoms with Gasteiger partial charge in [-0.2, -0.15) is 8.42 Å². The molecular formula is C33H61NO5S. The molecule has 0 radical (unpaired) electrons. The number of hydrogen-bond donors (Lipinski definition) is 3. The highest BCUT2D eigenvalue weighted by Crippen LogP contribution is 2.11. The molecule has 0 aromatic rings. The first-order chi connectivity index (χ1) is 19.3. The summed E-state index contributed by atoms with van der Waals surface area (Å²) in [5.74, 6) is -1.00. The van der Waals surface area contributed by atoms with Crippen LogP contribution in [-0.4, -0.2) is 41.9 Å². The van der Waals surface area contributed by atoms with Crippen molar-refractivity contribution in [1.82, 2.24) is 5.32 Å². The Morgan fingerprint density at radius 2 is 1.12 bits per heavy atom. The number of nitrogens with one attached hydrogen (secondary N) is 1. The summed E-state index contributed by atoms with van der Waals surface area (Å²) in [6.45, 7) is 4.44. The van der Waals surface area contributed by atoms with Gasteiger partial charge in [0.25, 0.3) is 10.1 Å². The van der Waals surface area contributed by atoms with Crippen molar-refractivity contribution in [1.29, 1.82) is 0 Å². The second-order valence-corrected chi connectivity index (χ2v) is 12.6. The van der Waals surface area contributed by atoms with Crippen LogP contribution < -0.4 is 5.32 Å². The largest absolute Gasteiger partial charge is 0.387 e. The average Bonchev–Trinajstić information content (AvgIpc) is 2.90. The summed E-state index contributed by atoms with van der Waals surface area (Å²) < 4.78 is 32.2. The molecule has 0 spiro atoms. The van der Waals surface area contributed by atoms with Crippen molar-refractivity contribution in [2.75, 3.05) is 5.75 Å². The molecule has 6 nitrogen and oxygen atoms in total. The summed E-state index contributed by atoms with van der Waals surface area (Å²) in [5.41, 5.74) is 0. The minimum absolute atomic E-state index is 0.279. The lowest BCUT2D eigenvalue weighted by Crippen LogP contribution is -2.46. The molecule has 2 atom stereocenters. The van der Waals surface area contributed by atoms with Crippen LogP contribution in [0.1, 0.15) is 149 Å². The molecule has 0 aliphatic rings. The Morgan fingerprint density at radius 1 is 0.675 bits per heavy atom. The topological polar surface area (TPSA) is 104 Å². The monoisotopic (exact) mass is 583 g/mol. The summed E-state index contributed by atoms with van der Waals surface area (Å²) in [6, 6.07) is -1.06. The van der Waals surface area contributed by atoms with Gasteiger partial charge in [0.1, 0.15) is 0 Å². The number of unbranched alkanes of at least 4 members (excludes halogenated alkanes) is 16. The van der Waals surface area contributed by atoms with Crippen LogP contribution in [0, 0.1) is 0 Å². The van der Waals surface area contributed by atoms with Crippen molar-refractivity contribution in [3.8, 4) is 0 Å². The molecule has 0 saturated carbocycles. The second-order valence-electron chi connectivity index (χ2n) is 11.1. The van der Waals surface area contributed by atoms with Gasteiger partial charge in [0.15, 0.2) is 0 Å². The van der Waals surface area contributed by atoms with Gasteiger partial charge < -0.3 is 10.4 Å². The molecule has 40 heavy (non-hydrogen) atoms. The number of aliphatic hydroxyl groups excluding tert-OH is 1. The normalized spacial score (nSPS) is 14.0. The van der Waals surface area contributed by atoms with Crippen molar-refractivity contribution in [3.05, 3.63) is 36.5 Å². The van der Waals surface area contributed by atoms with Crippen LogP contribution in [0.5, 0.6) is 0 Å². The molecule has 0 heterocycles. The van der Waals surface area contributed by atoms with E-state index >= 15 is 0 Å². The number of carbonyl (C=O) groups excluding carboxylic acids is 1. The van der Waals surface area contributed by atoms with E-state index in [2.05, 4.69) is 43.5 Å². The van der Waals surface area contributed by atoms with E-state index in [4.69, 9.17) is 0 Å². The SMILES string of the molecule is CCCCC/C=C\C/C=C\CCCCCCCC(=O)NC(CS(=O)(=O)O)C(O)/C=C/CCCCCCCCCC. The van der Waals surface area contributed by atoms with Gasteiger partial charge in [-0.25, -0.2) is 0 Å². The summed E-state index contributed by atoms with van der Waals surface area (Å²) >= 11 is 0. The van der Waals surface area contributed by atoms with Gasteiger partial charge in [-0.3, -0.25) is 9.35 Å². The first-order valence-electron chi connectivity index (χ1n) is 16.2. The fraction of sp³-hybridized carbons (Fsp3) is 0.788. The average molecular weight is 584 g/mol. The maximum atomic E-state index is 12.4. The third-order valence-electron chi connectivity index (χ3n) is 7.06. The van der Waals surface area contributed by atoms with Gasteiger partial charge in [-0.15, -0.1) is 0 Å². The first-order valence-corrected chi connectivity index (χ1v) is 17.8. The zero-order valence-corrected chi connectivity index (χ0v) is 26.5. The van der Waals surface area contributed by atoms with Crippen LogP contribution in [-0.2, 0) is 14.9 Å².